The SMILES string of the molecule is N#CC1(C(O)c2cc(F)ccc2F)CCCCCCC1. The molecule has 108 valence electrons. The highest BCUT2D eigenvalue weighted by atomic mass is 19.1. The van der Waals surface area contributed by atoms with Gasteiger partial charge < -0.3 is 5.11 Å². The van der Waals surface area contributed by atoms with Gasteiger partial charge in [-0.3, -0.25) is 0 Å². The molecule has 1 saturated carbocycles. The third-order valence-corrected chi connectivity index (χ3v) is 4.24. The molecule has 1 aromatic carbocycles. The maximum absolute atomic E-state index is 13.8. The van der Waals surface area contributed by atoms with Gasteiger partial charge in [-0.25, -0.2) is 8.78 Å². The first kappa shape index (κ1) is 14.9. The summed E-state index contributed by atoms with van der Waals surface area (Å²) in [5.41, 5.74) is -1.11. The summed E-state index contributed by atoms with van der Waals surface area (Å²) in [5, 5.41) is 20.0. The minimum absolute atomic E-state index is 0.105. The second-order valence-corrected chi connectivity index (χ2v) is 5.60. The van der Waals surface area contributed by atoms with Crippen LogP contribution in [0.3, 0.4) is 0 Å². The Kier molecular flexibility index (Phi) is 4.72. The molecule has 0 bridgehead atoms. The molecule has 0 spiro atoms. The average molecular weight is 279 g/mol. The Morgan fingerprint density at radius 3 is 2.30 bits per heavy atom. The number of halogens is 2. The van der Waals surface area contributed by atoms with Gasteiger partial charge in [-0.05, 0) is 31.0 Å². The van der Waals surface area contributed by atoms with Crippen molar-refractivity contribution in [2.24, 2.45) is 5.41 Å². The summed E-state index contributed by atoms with van der Waals surface area (Å²) in [7, 11) is 0. The molecule has 1 fully saturated rings. The van der Waals surface area contributed by atoms with Gasteiger partial charge in [0.25, 0.3) is 0 Å². The van der Waals surface area contributed by atoms with Gasteiger partial charge in [-0.1, -0.05) is 32.1 Å². The Labute approximate surface area is 118 Å². The van der Waals surface area contributed by atoms with Crippen molar-refractivity contribution in [1.82, 2.24) is 0 Å². The van der Waals surface area contributed by atoms with Gasteiger partial charge in [0.15, 0.2) is 0 Å². The van der Waals surface area contributed by atoms with Crippen LogP contribution in [0.5, 0.6) is 0 Å². The van der Waals surface area contributed by atoms with E-state index in [1.807, 2.05) is 0 Å². The first-order valence-corrected chi connectivity index (χ1v) is 7.13. The highest BCUT2D eigenvalue weighted by Crippen LogP contribution is 2.44. The largest absolute Gasteiger partial charge is 0.387 e. The van der Waals surface area contributed by atoms with E-state index in [4.69, 9.17) is 0 Å². The van der Waals surface area contributed by atoms with Crippen LogP contribution in [0.25, 0.3) is 0 Å². The van der Waals surface area contributed by atoms with Crippen LogP contribution in [0.15, 0.2) is 18.2 Å². The van der Waals surface area contributed by atoms with Crippen molar-refractivity contribution in [3.8, 4) is 6.07 Å². The van der Waals surface area contributed by atoms with Gasteiger partial charge >= 0.3 is 0 Å². The van der Waals surface area contributed by atoms with Gasteiger partial charge in [-0.15, -0.1) is 0 Å². The summed E-state index contributed by atoms with van der Waals surface area (Å²) >= 11 is 0. The number of hydrogen-bond acceptors (Lipinski definition) is 2. The van der Waals surface area contributed by atoms with Gasteiger partial charge in [0.1, 0.15) is 17.7 Å². The molecular weight excluding hydrogens is 260 g/mol. The van der Waals surface area contributed by atoms with Crippen molar-refractivity contribution >= 4 is 0 Å². The van der Waals surface area contributed by atoms with Crippen LogP contribution in [0.4, 0.5) is 8.78 Å². The molecule has 1 aliphatic rings. The minimum Gasteiger partial charge on any atom is -0.387 e. The van der Waals surface area contributed by atoms with Crippen molar-refractivity contribution in [2.75, 3.05) is 0 Å². The van der Waals surface area contributed by atoms with Crippen LogP contribution in [-0.2, 0) is 0 Å². The van der Waals surface area contributed by atoms with E-state index in [0.29, 0.717) is 12.8 Å². The quantitative estimate of drug-likeness (QED) is 0.879. The molecule has 0 radical (unpaired) electrons. The van der Waals surface area contributed by atoms with Crippen molar-refractivity contribution < 1.29 is 13.9 Å². The lowest BCUT2D eigenvalue weighted by Gasteiger charge is -2.33. The summed E-state index contributed by atoms with van der Waals surface area (Å²) in [4.78, 5) is 0. The molecule has 1 unspecified atom stereocenters. The van der Waals surface area contributed by atoms with E-state index in [0.717, 1.165) is 50.3 Å². The van der Waals surface area contributed by atoms with Crippen molar-refractivity contribution in [3.63, 3.8) is 0 Å². The first-order valence-electron chi connectivity index (χ1n) is 7.13. The highest BCUT2D eigenvalue weighted by molar-refractivity contribution is 5.25. The van der Waals surface area contributed by atoms with Gasteiger partial charge in [0, 0.05) is 5.56 Å². The van der Waals surface area contributed by atoms with E-state index in [1.54, 1.807) is 0 Å². The monoisotopic (exact) mass is 279 g/mol. The van der Waals surface area contributed by atoms with Crippen LogP contribution in [0, 0.1) is 28.4 Å². The number of nitriles is 1. The van der Waals surface area contributed by atoms with Crippen LogP contribution in [0.2, 0.25) is 0 Å². The summed E-state index contributed by atoms with van der Waals surface area (Å²) in [6.45, 7) is 0. The second-order valence-electron chi connectivity index (χ2n) is 5.60. The fourth-order valence-corrected chi connectivity index (χ4v) is 3.00. The molecule has 0 aliphatic heterocycles. The zero-order chi connectivity index (χ0) is 14.6. The molecule has 1 atom stereocenters. The zero-order valence-electron chi connectivity index (χ0n) is 11.4. The topological polar surface area (TPSA) is 44.0 Å². The lowest BCUT2D eigenvalue weighted by atomic mass is 9.71. The molecule has 1 aliphatic carbocycles. The third kappa shape index (κ3) is 2.99. The van der Waals surface area contributed by atoms with Crippen LogP contribution in [0.1, 0.15) is 56.6 Å². The lowest BCUT2D eigenvalue weighted by molar-refractivity contribution is 0.0404. The van der Waals surface area contributed by atoms with E-state index in [1.165, 1.54) is 0 Å². The Balaban J connectivity index is 2.33. The van der Waals surface area contributed by atoms with Crippen molar-refractivity contribution in [2.45, 2.75) is 51.0 Å². The number of hydrogen-bond donors (Lipinski definition) is 1. The minimum atomic E-state index is -1.28. The van der Waals surface area contributed by atoms with E-state index < -0.39 is 23.2 Å². The van der Waals surface area contributed by atoms with E-state index >= 15 is 0 Å². The predicted molar refractivity (Wildman–Crippen MR) is 71.7 cm³/mol. The maximum atomic E-state index is 13.8. The lowest BCUT2D eigenvalue weighted by Crippen LogP contribution is -2.29. The fraction of sp³-hybridized carbons (Fsp3) is 0.562. The molecule has 0 saturated heterocycles. The average Bonchev–Trinajstić information content (AvgIpc) is 2.41. The standard InChI is InChI=1S/C16H19F2NO/c17-12-6-7-14(18)13(10-12)15(20)16(11-19)8-4-2-1-3-5-9-16/h6-7,10,15,20H,1-5,8-9H2. The van der Waals surface area contributed by atoms with Crippen molar-refractivity contribution in [3.05, 3.63) is 35.4 Å². The molecule has 2 nitrogen and oxygen atoms in total. The molecule has 0 aromatic heterocycles. The molecule has 0 amide bonds. The summed E-state index contributed by atoms with van der Waals surface area (Å²) in [6, 6.07) is 5.21. The van der Waals surface area contributed by atoms with E-state index in [9.17, 15) is 19.1 Å². The Hall–Kier alpha value is -1.47. The maximum Gasteiger partial charge on any atom is 0.129 e. The normalized spacial score (nSPS) is 20.5. The number of benzene rings is 1. The van der Waals surface area contributed by atoms with Crippen molar-refractivity contribution in [1.29, 1.82) is 5.26 Å². The number of aliphatic hydroxyl groups is 1. The van der Waals surface area contributed by atoms with E-state index in [2.05, 4.69) is 6.07 Å². The van der Waals surface area contributed by atoms with Gasteiger partial charge in [-0.2, -0.15) is 5.26 Å². The predicted octanol–water partition coefficient (Wildman–Crippen LogP) is 4.25. The molecular formula is C16H19F2NO. The molecule has 2 rings (SSSR count). The van der Waals surface area contributed by atoms with E-state index in [-0.39, 0.29) is 5.56 Å². The molecule has 20 heavy (non-hydrogen) atoms. The third-order valence-electron chi connectivity index (χ3n) is 4.24. The number of rotatable bonds is 2. The summed E-state index contributed by atoms with van der Waals surface area (Å²) in [6.07, 6.45) is 4.61. The molecule has 1 aromatic rings. The highest BCUT2D eigenvalue weighted by Gasteiger charge is 2.40. The Bertz CT molecular complexity index is 502. The summed E-state index contributed by atoms with van der Waals surface area (Å²) < 4.78 is 27.1. The zero-order valence-corrected chi connectivity index (χ0v) is 11.4. The van der Waals surface area contributed by atoms with Gasteiger partial charge in [0.05, 0.1) is 11.5 Å². The van der Waals surface area contributed by atoms with Crippen LogP contribution in [-0.4, -0.2) is 5.11 Å². The van der Waals surface area contributed by atoms with Gasteiger partial charge in [0.2, 0.25) is 0 Å². The smallest absolute Gasteiger partial charge is 0.129 e. The molecule has 1 N–H and O–H groups in total. The fourth-order valence-electron chi connectivity index (χ4n) is 3.00. The Morgan fingerprint density at radius 2 is 1.70 bits per heavy atom. The summed E-state index contributed by atoms with van der Waals surface area (Å²) in [5.74, 6) is -1.25. The number of nitrogens with zero attached hydrogens (tertiary/aromatic N) is 1. The Morgan fingerprint density at radius 1 is 1.10 bits per heavy atom. The number of aliphatic hydroxyl groups excluding tert-OH is 1. The van der Waals surface area contributed by atoms with Crippen LogP contribution < -0.4 is 0 Å². The molecule has 0 heterocycles. The van der Waals surface area contributed by atoms with Crippen LogP contribution >= 0.6 is 0 Å². The second kappa shape index (κ2) is 6.32. The first-order chi connectivity index (χ1) is 9.59. The molecule has 4 heteroatoms.